The van der Waals surface area contributed by atoms with Gasteiger partial charge in [-0.15, -0.1) is 0 Å². The Morgan fingerprint density at radius 3 is 1.92 bits per heavy atom. The number of nitrogens with zero attached hydrogens (tertiary/aromatic N) is 1. The number of amides is 1. The smallest absolute Gasteiger partial charge is 0.410 e. The molecule has 3 rings (SSSR count). The van der Waals surface area contributed by atoms with Gasteiger partial charge in [0.25, 0.3) is 0 Å². The fraction of sp³-hybridized carbons (Fsp3) is 0.300. The summed E-state index contributed by atoms with van der Waals surface area (Å²) in [5, 5.41) is 0. The second-order valence-corrected chi connectivity index (χ2v) is 7.12. The van der Waals surface area contributed by atoms with E-state index in [2.05, 4.69) is 0 Å². The Balaban J connectivity index is 1.92. The molecule has 0 N–H and O–H groups in total. The number of carbonyl (C=O) groups is 2. The van der Waals surface area contributed by atoms with Crippen molar-refractivity contribution in [3.05, 3.63) is 59.5 Å². The number of piperidine rings is 1. The number of rotatable bonds is 2. The Morgan fingerprint density at radius 2 is 1.54 bits per heavy atom. The number of hydrogen-bond donors (Lipinski definition) is 0. The molecule has 6 nitrogen and oxygen atoms in total. The normalized spacial score (nSPS) is 18.6. The molecule has 1 amide bonds. The minimum Gasteiger partial charge on any atom is -0.472 e. The maximum absolute atomic E-state index is 12.9. The first kappa shape index (κ1) is 17.8. The molecular formula is C20H21NO5. The van der Waals surface area contributed by atoms with E-state index in [0.717, 1.165) is 11.1 Å². The Bertz CT molecular complexity index is 779. The zero-order valence-electron chi connectivity index (χ0n) is 15.0. The quantitative estimate of drug-likeness (QED) is 0.756. The van der Waals surface area contributed by atoms with E-state index in [0.29, 0.717) is 11.1 Å². The van der Waals surface area contributed by atoms with Crippen LogP contribution in [0.15, 0.2) is 57.2 Å². The molecule has 0 bridgehead atoms. The van der Waals surface area contributed by atoms with E-state index in [-0.39, 0.29) is 18.9 Å². The highest BCUT2D eigenvalue weighted by atomic mass is 16.6. The molecule has 0 aromatic carbocycles. The topological polar surface area (TPSA) is 72.9 Å². The fourth-order valence-corrected chi connectivity index (χ4v) is 2.61. The van der Waals surface area contributed by atoms with E-state index in [1.807, 2.05) is 20.8 Å². The molecule has 6 heteroatoms. The van der Waals surface area contributed by atoms with Crippen LogP contribution in [0.2, 0.25) is 0 Å². The third-order valence-electron chi connectivity index (χ3n) is 3.73. The van der Waals surface area contributed by atoms with Crippen molar-refractivity contribution >= 4 is 24.0 Å². The summed E-state index contributed by atoms with van der Waals surface area (Å²) < 4.78 is 15.6. The second kappa shape index (κ2) is 7.07. The van der Waals surface area contributed by atoms with Crippen molar-refractivity contribution in [3.63, 3.8) is 0 Å². The van der Waals surface area contributed by atoms with E-state index < -0.39 is 11.7 Å². The van der Waals surface area contributed by atoms with Crippen LogP contribution in [0.4, 0.5) is 4.79 Å². The van der Waals surface area contributed by atoms with Gasteiger partial charge in [-0.1, -0.05) is 0 Å². The molecule has 0 saturated carbocycles. The summed E-state index contributed by atoms with van der Waals surface area (Å²) in [5.41, 5.74) is 1.92. The Kier molecular flexibility index (Phi) is 4.84. The highest BCUT2D eigenvalue weighted by Crippen LogP contribution is 2.24. The van der Waals surface area contributed by atoms with Gasteiger partial charge >= 0.3 is 6.09 Å². The van der Waals surface area contributed by atoms with Gasteiger partial charge in [0.05, 0.1) is 38.1 Å². The summed E-state index contributed by atoms with van der Waals surface area (Å²) in [4.78, 5) is 26.9. The summed E-state index contributed by atoms with van der Waals surface area (Å²) in [6.07, 6.45) is 9.16. The van der Waals surface area contributed by atoms with Gasteiger partial charge in [0.15, 0.2) is 5.78 Å². The highest BCUT2D eigenvalue weighted by Gasteiger charge is 2.31. The van der Waals surface area contributed by atoms with Crippen molar-refractivity contribution in [2.75, 3.05) is 13.1 Å². The molecule has 2 aromatic heterocycles. The van der Waals surface area contributed by atoms with Gasteiger partial charge < -0.3 is 13.6 Å². The minimum atomic E-state index is -0.610. The summed E-state index contributed by atoms with van der Waals surface area (Å²) in [6, 6.07) is 3.51. The standard InChI is InChI=1S/C20H21NO5/c1-20(2,3)26-19(23)21-10-16(8-14-4-6-24-12-14)18(22)17(11-21)9-15-5-7-25-13-15/h4-9,12-13H,10-11H2,1-3H3/b16-8+,17-9?. The van der Waals surface area contributed by atoms with Crippen LogP contribution in [0.25, 0.3) is 12.2 Å². The first-order chi connectivity index (χ1) is 12.3. The number of likely N-dealkylation sites (tertiary alicyclic amines) is 1. The van der Waals surface area contributed by atoms with Crippen molar-refractivity contribution in [1.29, 1.82) is 0 Å². The molecule has 0 spiro atoms. The van der Waals surface area contributed by atoms with Crippen molar-refractivity contribution in [1.82, 2.24) is 4.90 Å². The van der Waals surface area contributed by atoms with Crippen LogP contribution in [-0.2, 0) is 9.53 Å². The van der Waals surface area contributed by atoms with E-state index in [1.165, 1.54) is 17.4 Å². The Labute approximate surface area is 151 Å². The first-order valence-electron chi connectivity index (χ1n) is 8.30. The Hall–Kier alpha value is -3.02. The summed E-state index contributed by atoms with van der Waals surface area (Å²) in [6.45, 7) is 5.79. The predicted molar refractivity (Wildman–Crippen MR) is 96.2 cm³/mol. The number of furan rings is 2. The number of carbonyl (C=O) groups excluding carboxylic acids is 2. The number of hydrogen-bond acceptors (Lipinski definition) is 5. The third-order valence-corrected chi connectivity index (χ3v) is 3.73. The van der Waals surface area contributed by atoms with Crippen LogP contribution in [-0.4, -0.2) is 35.5 Å². The van der Waals surface area contributed by atoms with Crippen LogP contribution in [0.3, 0.4) is 0 Å². The van der Waals surface area contributed by atoms with Gasteiger partial charge in [0.1, 0.15) is 5.60 Å². The molecule has 1 aliphatic rings. The molecule has 1 saturated heterocycles. The molecule has 2 aromatic rings. The Morgan fingerprint density at radius 1 is 1.04 bits per heavy atom. The number of ether oxygens (including phenoxy) is 1. The zero-order chi connectivity index (χ0) is 18.7. The van der Waals surface area contributed by atoms with Crippen LogP contribution < -0.4 is 0 Å². The molecule has 0 unspecified atom stereocenters. The molecule has 0 radical (unpaired) electrons. The largest absolute Gasteiger partial charge is 0.472 e. The lowest BCUT2D eigenvalue weighted by Crippen LogP contribution is -2.44. The van der Waals surface area contributed by atoms with Gasteiger partial charge in [-0.05, 0) is 45.1 Å². The van der Waals surface area contributed by atoms with Crippen LogP contribution in [0, 0.1) is 0 Å². The van der Waals surface area contributed by atoms with Crippen LogP contribution in [0.1, 0.15) is 31.9 Å². The summed E-state index contributed by atoms with van der Waals surface area (Å²) >= 11 is 0. The predicted octanol–water partition coefficient (Wildman–Crippen LogP) is 4.16. The summed E-state index contributed by atoms with van der Waals surface area (Å²) in [7, 11) is 0. The molecule has 26 heavy (non-hydrogen) atoms. The van der Waals surface area contributed by atoms with E-state index in [4.69, 9.17) is 13.6 Å². The molecular weight excluding hydrogens is 334 g/mol. The van der Waals surface area contributed by atoms with Gasteiger partial charge in [-0.3, -0.25) is 9.69 Å². The number of Topliss-reactive ketones (excluding diaryl/α,β-unsaturated/α-hetero) is 1. The van der Waals surface area contributed by atoms with Crippen molar-refractivity contribution in [2.24, 2.45) is 0 Å². The van der Waals surface area contributed by atoms with Crippen molar-refractivity contribution < 1.29 is 23.2 Å². The maximum atomic E-state index is 12.9. The fourth-order valence-electron chi connectivity index (χ4n) is 2.61. The second-order valence-electron chi connectivity index (χ2n) is 7.12. The summed E-state index contributed by atoms with van der Waals surface area (Å²) in [5.74, 6) is -0.104. The number of ketones is 1. The van der Waals surface area contributed by atoms with Gasteiger partial charge in [-0.2, -0.15) is 0 Å². The monoisotopic (exact) mass is 355 g/mol. The van der Waals surface area contributed by atoms with Gasteiger partial charge in [0, 0.05) is 22.3 Å². The van der Waals surface area contributed by atoms with E-state index in [9.17, 15) is 9.59 Å². The molecule has 0 atom stereocenters. The maximum Gasteiger partial charge on any atom is 0.410 e. The average Bonchev–Trinajstić information content (AvgIpc) is 3.23. The molecule has 3 heterocycles. The lowest BCUT2D eigenvalue weighted by Gasteiger charge is -2.31. The van der Waals surface area contributed by atoms with E-state index >= 15 is 0 Å². The SMILES string of the molecule is CC(C)(C)OC(=O)N1CC(=Cc2ccoc2)C(=O)/C(=C/c2ccoc2)C1. The first-order valence-corrected chi connectivity index (χ1v) is 8.30. The molecule has 136 valence electrons. The van der Waals surface area contributed by atoms with Crippen molar-refractivity contribution in [2.45, 2.75) is 26.4 Å². The van der Waals surface area contributed by atoms with Gasteiger partial charge in [-0.25, -0.2) is 4.79 Å². The lowest BCUT2D eigenvalue weighted by molar-refractivity contribution is -0.113. The lowest BCUT2D eigenvalue weighted by atomic mass is 9.95. The highest BCUT2D eigenvalue weighted by molar-refractivity contribution is 6.15. The van der Waals surface area contributed by atoms with Crippen molar-refractivity contribution in [3.8, 4) is 0 Å². The van der Waals surface area contributed by atoms with Crippen LogP contribution in [0.5, 0.6) is 0 Å². The zero-order valence-corrected chi connectivity index (χ0v) is 15.0. The van der Waals surface area contributed by atoms with E-state index in [1.54, 1.807) is 36.8 Å². The van der Waals surface area contributed by atoms with Crippen LogP contribution >= 0.6 is 0 Å². The van der Waals surface area contributed by atoms with Gasteiger partial charge in [0.2, 0.25) is 0 Å². The minimum absolute atomic E-state index is 0.104. The average molecular weight is 355 g/mol. The molecule has 1 aliphatic heterocycles. The molecule has 0 aliphatic carbocycles. The third kappa shape index (κ3) is 4.33. The molecule has 1 fully saturated rings.